The third kappa shape index (κ3) is 2.36. The number of rotatable bonds is 3. The number of para-hydroxylation sites is 1. The van der Waals surface area contributed by atoms with Crippen molar-refractivity contribution in [1.29, 1.82) is 0 Å². The Morgan fingerprint density at radius 1 is 0.957 bits per heavy atom. The highest BCUT2D eigenvalue weighted by molar-refractivity contribution is 5.87. The first-order valence-corrected chi connectivity index (χ1v) is 7.52. The summed E-state index contributed by atoms with van der Waals surface area (Å²) in [5.74, 6) is 0.881. The fourth-order valence-electron chi connectivity index (χ4n) is 2.90. The van der Waals surface area contributed by atoms with E-state index in [0.717, 1.165) is 28.1 Å². The van der Waals surface area contributed by atoms with Gasteiger partial charge in [0.25, 0.3) is 0 Å². The monoisotopic (exact) mass is 300 g/mol. The van der Waals surface area contributed by atoms with Crippen LogP contribution in [0.15, 0.2) is 79.3 Å². The van der Waals surface area contributed by atoms with E-state index in [1.54, 1.807) is 13.3 Å². The van der Waals surface area contributed by atoms with Gasteiger partial charge in [0.2, 0.25) is 0 Å². The van der Waals surface area contributed by atoms with Gasteiger partial charge in [-0.25, -0.2) is 0 Å². The summed E-state index contributed by atoms with van der Waals surface area (Å²) in [6.45, 7) is 0. The van der Waals surface area contributed by atoms with E-state index in [1.807, 2.05) is 30.5 Å². The molecule has 0 bridgehead atoms. The quantitative estimate of drug-likeness (QED) is 0.548. The summed E-state index contributed by atoms with van der Waals surface area (Å²) in [5.41, 5.74) is 4.44. The second-order valence-electron chi connectivity index (χ2n) is 5.37. The number of fused-ring (bicyclic) bond motifs is 1. The highest BCUT2D eigenvalue weighted by Crippen LogP contribution is 2.32. The van der Waals surface area contributed by atoms with Gasteiger partial charge in [-0.15, -0.1) is 0 Å². The second kappa shape index (κ2) is 5.61. The van der Waals surface area contributed by atoms with Crippen molar-refractivity contribution in [2.24, 2.45) is 0 Å². The molecule has 4 rings (SSSR count). The molecule has 0 N–H and O–H groups in total. The first kappa shape index (κ1) is 13.6. The minimum Gasteiger partial charge on any atom is -0.496 e. The van der Waals surface area contributed by atoms with Gasteiger partial charge in [0.05, 0.1) is 24.5 Å². The first-order chi connectivity index (χ1) is 11.4. The van der Waals surface area contributed by atoms with E-state index in [9.17, 15) is 0 Å². The third-order valence-electron chi connectivity index (χ3n) is 4.04. The third-order valence-corrected chi connectivity index (χ3v) is 4.04. The summed E-state index contributed by atoms with van der Waals surface area (Å²) < 4.78 is 7.65. The van der Waals surface area contributed by atoms with Crippen LogP contribution < -0.4 is 4.74 Å². The zero-order valence-electron chi connectivity index (χ0n) is 12.8. The molecule has 0 fully saturated rings. The lowest BCUT2D eigenvalue weighted by Crippen LogP contribution is -1.93. The van der Waals surface area contributed by atoms with Crippen LogP contribution in [0.25, 0.3) is 27.7 Å². The number of methoxy groups -OCH3 is 1. The molecule has 3 nitrogen and oxygen atoms in total. The standard InChI is InChI=1S/C20H16N2O/c1-23-20-7-3-2-6-18(20)16-9-8-15-10-12-22(19(15)13-16)17-5-4-11-21-14-17/h2-14H,1H3. The van der Waals surface area contributed by atoms with Crippen molar-refractivity contribution in [3.8, 4) is 22.6 Å². The number of hydrogen-bond acceptors (Lipinski definition) is 2. The normalized spacial score (nSPS) is 10.8. The van der Waals surface area contributed by atoms with Gasteiger partial charge >= 0.3 is 0 Å². The number of ether oxygens (including phenoxy) is 1. The van der Waals surface area contributed by atoms with Crippen LogP contribution in [-0.2, 0) is 0 Å². The molecule has 3 heteroatoms. The van der Waals surface area contributed by atoms with Gasteiger partial charge in [-0.2, -0.15) is 0 Å². The lowest BCUT2D eigenvalue weighted by molar-refractivity contribution is 0.416. The van der Waals surface area contributed by atoms with Crippen molar-refractivity contribution in [2.75, 3.05) is 7.11 Å². The molecule has 2 heterocycles. The molecule has 0 aliphatic carbocycles. The number of benzene rings is 2. The molecular weight excluding hydrogens is 284 g/mol. The van der Waals surface area contributed by atoms with E-state index in [4.69, 9.17) is 4.74 Å². The van der Waals surface area contributed by atoms with Gasteiger partial charge < -0.3 is 9.30 Å². The van der Waals surface area contributed by atoms with E-state index in [0.29, 0.717) is 0 Å². The molecule has 2 aromatic carbocycles. The van der Waals surface area contributed by atoms with Gasteiger partial charge in [-0.1, -0.05) is 30.3 Å². The highest BCUT2D eigenvalue weighted by Gasteiger charge is 2.08. The summed E-state index contributed by atoms with van der Waals surface area (Å²) in [5, 5.41) is 1.20. The largest absolute Gasteiger partial charge is 0.496 e. The first-order valence-electron chi connectivity index (χ1n) is 7.52. The summed E-state index contributed by atoms with van der Waals surface area (Å²) in [6, 6.07) is 20.7. The molecule has 4 aromatic rings. The summed E-state index contributed by atoms with van der Waals surface area (Å²) in [4.78, 5) is 4.21. The summed E-state index contributed by atoms with van der Waals surface area (Å²) >= 11 is 0. The minimum absolute atomic E-state index is 0.881. The number of aromatic nitrogens is 2. The van der Waals surface area contributed by atoms with Gasteiger partial charge in [-0.3, -0.25) is 4.98 Å². The van der Waals surface area contributed by atoms with Crippen molar-refractivity contribution in [2.45, 2.75) is 0 Å². The molecule has 0 amide bonds. The zero-order chi connectivity index (χ0) is 15.6. The smallest absolute Gasteiger partial charge is 0.126 e. The van der Waals surface area contributed by atoms with Crippen molar-refractivity contribution in [1.82, 2.24) is 9.55 Å². The molecule has 0 aliphatic rings. The topological polar surface area (TPSA) is 27.1 Å². The summed E-state index contributed by atoms with van der Waals surface area (Å²) in [7, 11) is 1.70. The molecule has 0 aliphatic heterocycles. The number of pyridine rings is 1. The van der Waals surface area contributed by atoms with Gasteiger partial charge in [0.15, 0.2) is 0 Å². The maximum atomic E-state index is 5.49. The number of nitrogens with zero attached hydrogens (tertiary/aromatic N) is 2. The van der Waals surface area contributed by atoms with Crippen LogP contribution in [0.1, 0.15) is 0 Å². The van der Waals surface area contributed by atoms with Crippen molar-refractivity contribution in [3.05, 3.63) is 79.3 Å². The van der Waals surface area contributed by atoms with Crippen molar-refractivity contribution < 1.29 is 4.74 Å². The Morgan fingerprint density at radius 3 is 2.70 bits per heavy atom. The molecule has 112 valence electrons. The molecule has 0 saturated carbocycles. The van der Waals surface area contributed by atoms with Gasteiger partial charge in [-0.05, 0) is 41.3 Å². The van der Waals surface area contributed by atoms with Crippen LogP contribution in [0.4, 0.5) is 0 Å². The Hall–Kier alpha value is -3.07. The van der Waals surface area contributed by atoms with Crippen LogP contribution in [0, 0.1) is 0 Å². The van der Waals surface area contributed by atoms with Crippen LogP contribution in [0.3, 0.4) is 0 Å². The Bertz CT molecular complexity index is 958. The Labute approximate surface area is 134 Å². The molecule has 0 saturated heterocycles. The van der Waals surface area contributed by atoms with Gasteiger partial charge in [0, 0.05) is 18.0 Å². The molecular formula is C20H16N2O. The van der Waals surface area contributed by atoms with Crippen LogP contribution in [-0.4, -0.2) is 16.7 Å². The van der Waals surface area contributed by atoms with Crippen molar-refractivity contribution >= 4 is 10.9 Å². The average Bonchev–Trinajstić information content (AvgIpc) is 3.05. The summed E-state index contributed by atoms with van der Waals surface area (Å²) in [6.07, 6.45) is 5.73. The fraction of sp³-hybridized carbons (Fsp3) is 0.0500. The number of hydrogen-bond donors (Lipinski definition) is 0. The molecule has 23 heavy (non-hydrogen) atoms. The lowest BCUT2D eigenvalue weighted by atomic mass is 10.0. The SMILES string of the molecule is COc1ccccc1-c1ccc2ccn(-c3cccnc3)c2c1. The van der Waals surface area contributed by atoms with E-state index >= 15 is 0 Å². The zero-order valence-corrected chi connectivity index (χ0v) is 12.8. The molecule has 0 unspecified atom stereocenters. The predicted octanol–water partition coefficient (Wildman–Crippen LogP) is 4.70. The second-order valence-corrected chi connectivity index (χ2v) is 5.37. The van der Waals surface area contributed by atoms with E-state index in [2.05, 4.69) is 52.1 Å². The van der Waals surface area contributed by atoms with Crippen molar-refractivity contribution in [3.63, 3.8) is 0 Å². The molecule has 2 aromatic heterocycles. The molecule has 0 atom stereocenters. The molecule has 0 radical (unpaired) electrons. The van der Waals surface area contributed by atoms with Gasteiger partial charge in [0.1, 0.15) is 5.75 Å². The maximum Gasteiger partial charge on any atom is 0.126 e. The molecule has 0 spiro atoms. The Morgan fingerprint density at radius 2 is 1.87 bits per heavy atom. The van der Waals surface area contributed by atoms with E-state index < -0.39 is 0 Å². The maximum absolute atomic E-state index is 5.49. The predicted molar refractivity (Wildman–Crippen MR) is 93.1 cm³/mol. The lowest BCUT2D eigenvalue weighted by Gasteiger charge is -2.10. The van der Waals surface area contributed by atoms with E-state index in [1.165, 1.54) is 5.39 Å². The highest BCUT2D eigenvalue weighted by atomic mass is 16.5. The average molecular weight is 300 g/mol. The van der Waals surface area contributed by atoms with Crippen LogP contribution >= 0.6 is 0 Å². The van der Waals surface area contributed by atoms with E-state index in [-0.39, 0.29) is 0 Å². The Kier molecular flexibility index (Phi) is 3.31. The van der Waals surface area contributed by atoms with Crippen LogP contribution in [0.2, 0.25) is 0 Å². The Balaban J connectivity index is 1.91. The minimum atomic E-state index is 0.881. The van der Waals surface area contributed by atoms with Crippen LogP contribution in [0.5, 0.6) is 5.75 Å². The fourth-order valence-corrected chi connectivity index (χ4v) is 2.90.